The molecule has 1 fully saturated rings. The molecule has 1 aliphatic rings. The van der Waals surface area contributed by atoms with Crippen molar-refractivity contribution in [3.8, 4) is 0 Å². The molecular weight excluding hydrogens is 338 g/mol. The molecule has 1 aliphatic heterocycles. The topological polar surface area (TPSA) is 72.3 Å². The van der Waals surface area contributed by atoms with E-state index in [1.54, 1.807) is 12.4 Å². The monoisotopic (exact) mass is 357 g/mol. The van der Waals surface area contributed by atoms with Crippen LogP contribution in [0.1, 0.15) is 9.67 Å². The van der Waals surface area contributed by atoms with E-state index >= 15 is 0 Å². The minimum absolute atomic E-state index is 0.129. The summed E-state index contributed by atoms with van der Waals surface area (Å²) in [5.74, 6) is -0.129. The lowest BCUT2D eigenvalue weighted by molar-refractivity contribution is 0.0360. The molecule has 0 spiro atoms. The van der Waals surface area contributed by atoms with Gasteiger partial charge in [0.05, 0.1) is 36.5 Å². The van der Waals surface area contributed by atoms with Crippen molar-refractivity contribution in [2.75, 3.05) is 38.2 Å². The second kappa shape index (κ2) is 7.30. The van der Waals surface area contributed by atoms with E-state index < -0.39 is 0 Å². The maximum absolute atomic E-state index is 12.4. The average Bonchev–Trinajstić information content (AvgIpc) is 3.27. The van der Waals surface area contributed by atoms with Gasteiger partial charge in [0.15, 0.2) is 0 Å². The van der Waals surface area contributed by atoms with Crippen molar-refractivity contribution in [3.63, 3.8) is 0 Å². The number of ether oxygens (including phenoxy) is 1. The van der Waals surface area contributed by atoms with Gasteiger partial charge in [-0.15, -0.1) is 11.3 Å². The van der Waals surface area contributed by atoms with Gasteiger partial charge in [0.2, 0.25) is 0 Å². The third-order valence-corrected chi connectivity index (χ3v) is 5.22. The summed E-state index contributed by atoms with van der Waals surface area (Å²) in [6, 6.07) is 5.69. The number of aromatic nitrogens is 3. The maximum Gasteiger partial charge on any atom is 0.265 e. The third kappa shape index (κ3) is 3.87. The molecule has 8 heteroatoms. The predicted octanol–water partition coefficient (Wildman–Crippen LogP) is 2.08. The van der Waals surface area contributed by atoms with Crippen molar-refractivity contribution >= 4 is 33.1 Å². The van der Waals surface area contributed by atoms with Gasteiger partial charge >= 0.3 is 0 Å². The van der Waals surface area contributed by atoms with Gasteiger partial charge in [0.1, 0.15) is 4.83 Å². The first-order chi connectivity index (χ1) is 12.3. The van der Waals surface area contributed by atoms with E-state index in [9.17, 15) is 4.79 Å². The van der Waals surface area contributed by atoms with Gasteiger partial charge in [-0.25, -0.2) is 4.98 Å². The first-order valence-electron chi connectivity index (χ1n) is 8.26. The van der Waals surface area contributed by atoms with Crippen LogP contribution in [-0.4, -0.2) is 58.4 Å². The normalized spacial score (nSPS) is 15.5. The lowest BCUT2D eigenvalue weighted by Crippen LogP contribution is -2.38. The third-order valence-electron chi connectivity index (χ3n) is 4.16. The van der Waals surface area contributed by atoms with E-state index in [1.165, 1.54) is 11.3 Å². The molecule has 4 heterocycles. The Labute approximate surface area is 149 Å². The fourth-order valence-electron chi connectivity index (χ4n) is 2.80. The number of morpholine rings is 1. The molecule has 3 aromatic heterocycles. The van der Waals surface area contributed by atoms with Crippen LogP contribution in [0.25, 0.3) is 10.2 Å². The van der Waals surface area contributed by atoms with E-state index in [4.69, 9.17) is 4.74 Å². The van der Waals surface area contributed by atoms with Gasteiger partial charge in [-0.2, -0.15) is 5.10 Å². The molecule has 0 atom stereocenters. The number of carbonyl (C=O) groups excluding carboxylic acids is 1. The standard InChI is InChI=1S/C17H19N5O2S/c23-16(15-10-13-2-1-3-18-17(13)25-15)20-14-11-19-22(12-14)5-4-21-6-8-24-9-7-21/h1-3,10-12H,4-9H2,(H,20,23). The highest BCUT2D eigenvalue weighted by atomic mass is 32.1. The van der Waals surface area contributed by atoms with Crippen LogP contribution in [0.3, 0.4) is 0 Å². The Morgan fingerprint density at radius 3 is 3.04 bits per heavy atom. The molecule has 0 saturated carbocycles. The predicted molar refractivity (Wildman–Crippen MR) is 97.1 cm³/mol. The number of hydrogen-bond acceptors (Lipinski definition) is 6. The molecule has 0 unspecified atom stereocenters. The van der Waals surface area contributed by atoms with E-state index in [-0.39, 0.29) is 5.91 Å². The van der Waals surface area contributed by atoms with Crippen molar-refractivity contribution in [1.29, 1.82) is 0 Å². The highest BCUT2D eigenvalue weighted by Crippen LogP contribution is 2.24. The molecule has 0 aromatic carbocycles. The second-order valence-corrected chi connectivity index (χ2v) is 6.94. The molecule has 0 aliphatic carbocycles. The minimum Gasteiger partial charge on any atom is -0.379 e. The summed E-state index contributed by atoms with van der Waals surface area (Å²) in [7, 11) is 0. The molecule has 7 nitrogen and oxygen atoms in total. The summed E-state index contributed by atoms with van der Waals surface area (Å²) in [4.78, 5) is 20.6. The summed E-state index contributed by atoms with van der Waals surface area (Å²) < 4.78 is 7.21. The lowest BCUT2D eigenvalue weighted by atomic mass is 10.3. The highest BCUT2D eigenvalue weighted by Gasteiger charge is 2.13. The van der Waals surface area contributed by atoms with Crippen LogP contribution in [0.5, 0.6) is 0 Å². The number of amides is 1. The number of nitrogens with one attached hydrogen (secondary N) is 1. The van der Waals surface area contributed by atoms with Crippen LogP contribution in [-0.2, 0) is 11.3 Å². The average molecular weight is 357 g/mol. The molecule has 1 saturated heterocycles. The zero-order valence-corrected chi connectivity index (χ0v) is 14.5. The Bertz CT molecular complexity index is 836. The van der Waals surface area contributed by atoms with Gasteiger partial charge < -0.3 is 10.1 Å². The number of rotatable bonds is 5. The zero-order chi connectivity index (χ0) is 17.1. The highest BCUT2D eigenvalue weighted by molar-refractivity contribution is 7.20. The number of hydrogen-bond donors (Lipinski definition) is 1. The first kappa shape index (κ1) is 16.2. The fourth-order valence-corrected chi connectivity index (χ4v) is 3.69. The summed E-state index contributed by atoms with van der Waals surface area (Å²) >= 11 is 1.39. The van der Waals surface area contributed by atoms with Crippen molar-refractivity contribution in [2.45, 2.75) is 6.54 Å². The van der Waals surface area contributed by atoms with Crippen LogP contribution in [0.15, 0.2) is 36.8 Å². The van der Waals surface area contributed by atoms with Crippen LogP contribution >= 0.6 is 11.3 Å². The summed E-state index contributed by atoms with van der Waals surface area (Å²) in [5, 5.41) is 8.21. The molecule has 130 valence electrons. The Balaban J connectivity index is 1.36. The van der Waals surface area contributed by atoms with Gasteiger partial charge in [-0.05, 0) is 12.1 Å². The van der Waals surface area contributed by atoms with Crippen molar-refractivity contribution in [3.05, 3.63) is 41.7 Å². The molecule has 0 radical (unpaired) electrons. The Morgan fingerprint density at radius 2 is 2.20 bits per heavy atom. The van der Waals surface area contributed by atoms with E-state index in [1.807, 2.05) is 29.1 Å². The van der Waals surface area contributed by atoms with Crippen LogP contribution in [0, 0.1) is 0 Å². The SMILES string of the molecule is O=C(Nc1cnn(CCN2CCOCC2)c1)c1cc2cccnc2s1. The van der Waals surface area contributed by atoms with E-state index in [0.717, 1.165) is 49.6 Å². The number of nitrogens with zero attached hydrogens (tertiary/aromatic N) is 4. The van der Waals surface area contributed by atoms with Crippen LogP contribution in [0.4, 0.5) is 5.69 Å². The molecule has 4 rings (SSSR count). The van der Waals surface area contributed by atoms with Crippen LogP contribution < -0.4 is 5.32 Å². The molecule has 25 heavy (non-hydrogen) atoms. The Morgan fingerprint density at radius 1 is 1.32 bits per heavy atom. The molecule has 3 aromatic rings. The molecule has 0 bridgehead atoms. The Hall–Kier alpha value is -2.29. The van der Waals surface area contributed by atoms with E-state index in [0.29, 0.717) is 10.6 Å². The lowest BCUT2D eigenvalue weighted by Gasteiger charge is -2.26. The number of fused-ring (bicyclic) bond motifs is 1. The first-order valence-corrected chi connectivity index (χ1v) is 9.08. The van der Waals surface area contributed by atoms with Crippen molar-refractivity contribution in [2.24, 2.45) is 0 Å². The zero-order valence-electron chi connectivity index (χ0n) is 13.7. The van der Waals surface area contributed by atoms with Gasteiger partial charge in [-0.3, -0.25) is 14.4 Å². The van der Waals surface area contributed by atoms with Gasteiger partial charge in [-0.1, -0.05) is 6.07 Å². The maximum atomic E-state index is 12.4. The summed E-state index contributed by atoms with van der Waals surface area (Å²) in [6.45, 7) is 5.24. The minimum atomic E-state index is -0.129. The number of pyridine rings is 1. The van der Waals surface area contributed by atoms with Crippen LogP contribution in [0.2, 0.25) is 0 Å². The molecule has 1 amide bonds. The van der Waals surface area contributed by atoms with Gasteiger partial charge in [0.25, 0.3) is 5.91 Å². The van der Waals surface area contributed by atoms with Crippen molar-refractivity contribution < 1.29 is 9.53 Å². The van der Waals surface area contributed by atoms with E-state index in [2.05, 4.69) is 20.3 Å². The molecule has 1 N–H and O–H groups in total. The largest absolute Gasteiger partial charge is 0.379 e. The smallest absolute Gasteiger partial charge is 0.265 e. The van der Waals surface area contributed by atoms with Gasteiger partial charge in [0, 0.05) is 37.4 Å². The Kier molecular flexibility index (Phi) is 4.73. The quantitative estimate of drug-likeness (QED) is 0.757. The number of thiophene rings is 1. The fraction of sp³-hybridized carbons (Fsp3) is 0.353. The number of anilines is 1. The molecular formula is C17H19N5O2S. The van der Waals surface area contributed by atoms with Crippen molar-refractivity contribution in [1.82, 2.24) is 19.7 Å². The summed E-state index contributed by atoms with van der Waals surface area (Å²) in [5.41, 5.74) is 0.706. The second-order valence-electron chi connectivity index (χ2n) is 5.91. The number of carbonyl (C=O) groups is 1. The summed E-state index contributed by atoms with van der Waals surface area (Å²) in [6.07, 6.45) is 5.28.